The summed E-state index contributed by atoms with van der Waals surface area (Å²) in [5.41, 5.74) is 1.12. The van der Waals surface area contributed by atoms with E-state index in [0.717, 1.165) is 30.3 Å². The van der Waals surface area contributed by atoms with Gasteiger partial charge in [0.15, 0.2) is 0 Å². The van der Waals surface area contributed by atoms with Gasteiger partial charge in [0.25, 0.3) is 0 Å². The van der Waals surface area contributed by atoms with Crippen LogP contribution in [0.5, 0.6) is 0 Å². The highest BCUT2D eigenvalue weighted by molar-refractivity contribution is 5.97. The zero-order valence-corrected chi connectivity index (χ0v) is 11.5. The van der Waals surface area contributed by atoms with Gasteiger partial charge >= 0.3 is 5.97 Å². The van der Waals surface area contributed by atoms with Gasteiger partial charge < -0.3 is 4.74 Å². The molecule has 0 saturated heterocycles. The molecule has 2 aromatic rings. The highest BCUT2D eigenvalue weighted by atomic mass is 19.1. The van der Waals surface area contributed by atoms with Crippen molar-refractivity contribution in [2.45, 2.75) is 26.3 Å². The molecule has 21 heavy (non-hydrogen) atoms. The average molecular weight is 292 g/mol. The molecule has 4 nitrogen and oxygen atoms in total. The predicted octanol–water partition coefficient (Wildman–Crippen LogP) is 2.95. The van der Waals surface area contributed by atoms with Crippen molar-refractivity contribution in [2.75, 3.05) is 6.61 Å². The Hall–Kier alpha value is -2.24. The first kappa shape index (κ1) is 13.7. The van der Waals surface area contributed by atoms with E-state index in [1.165, 1.54) is 0 Å². The van der Waals surface area contributed by atoms with Crippen molar-refractivity contribution in [3.8, 4) is 11.3 Å². The molecule has 0 amide bonds. The second-order valence-corrected chi connectivity index (χ2v) is 4.84. The molecule has 0 fully saturated rings. The lowest BCUT2D eigenvalue weighted by Gasteiger charge is -2.05. The second kappa shape index (κ2) is 5.27. The molecule has 3 rings (SSSR count). The van der Waals surface area contributed by atoms with E-state index in [0.29, 0.717) is 13.0 Å². The van der Waals surface area contributed by atoms with E-state index in [4.69, 9.17) is 4.74 Å². The minimum atomic E-state index is -0.612. The number of esters is 1. The summed E-state index contributed by atoms with van der Waals surface area (Å²) < 4.78 is 34.1. The van der Waals surface area contributed by atoms with E-state index in [-0.39, 0.29) is 23.4 Å². The van der Waals surface area contributed by atoms with E-state index in [1.54, 1.807) is 11.6 Å². The van der Waals surface area contributed by atoms with Crippen molar-refractivity contribution in [1.29, 1.82) is 0 Å². The highest BCUT2D eigenvalue weighted by Gasteiger charge is 2.29. The third-order valence-electron chi connectivity index (χ3n) is 3.50. The SMILES string of the molecule is CCOC(=O)c1c(-c2cc(F)ccc2F)nn2c1CCC2. The van der Waals surface area contributed by atoms with Crippen LogP contribution in [0, 0.1) is 11.6 Å². The topological polar surface area (TPSA) is 44.1 Å². The summed E-state index contributed by atoms with van der Waals surface area (Å²) in [6.45, 7) is 2.58. The molecule has 1 aliphatic heterocycles. The second-order valence-electron chi connectivity index (χ2n) is 4.84. The molecule has 110 valence electrons. The Morgan fingerprint density at radius 2 is 2.24 bits per heavy atom. The van der Waals surface area contributed by atoms with Crippen LogP contribution >= 0.6 is 0 Å². The van der Waals surface area contributed by atoms with Gasteiger partial charge in [0, 0.05) is 12.1 Å². The maximum atomic E-state index is 14.0. The first-order valence-electron chi connectivity index (χ1n) is 6.84. The Morgan fingerprint density at radius 3 is 3.00 bits per heavy atom. The molecule has 0 bridgehead atoms. The van der Waals surface area contributed by atoms with Crippen LogP contribution in [-0.2, 0) is 17.7 Å². The molecule has 1 aromatic heterocycles. The number of benzene rings is 1. The van der Waals surface area contributed by atoms with Crippen molar-refractivity contribution < 1.29 is 18.3 Å². The molecular formula is C15H14F2N2O2. The Labute approximate surface area is 120 Å². The number of aryl methyl sites for hydroxylation is 1. The van der Waals surface area contributed by atoms with Crippen LogP contribution in [0.15, 0.2) is 18.2 Å². The highest BCUT2D eigenvalue weighted by Crippen LogP contribution is 2.32. The Bertz CT molecular complexity index is 710. The van der Waals surface area contributed by atoms with Crippen LogP contribution in [0.4, 0.5) is 8.78 Å². The molecule has 0 unspecified atom stereocenters. The van der Waals surface area contributed by atoms with Crippen LogP contribution in [0.1, 0.15) is 29.4 Å². The number of hydrogen-bond acceptors (Lipinski definition) is 3. The van der Waals surface area contributed by atoms with E-state index < -0.39 is 17.6 Å². The van der Waals surface area contributed by atoms with Crippen LogP contribution < -0.4 is 0 Å². The zero-order valence-electron chi connectivity index (χ0n) is 11.5. The molecular weight excluding hydrogens is 278 g/mol. The summed E-state index contributed by atoms with van der Waals surface area (Å²) in [5, 5.41) is 4.28. The van der Waals surface area contributed by atoms with Crippen molar-refractivity contribution in [3.63, 3.8) is 0 Å². The average Bonchev–Trinajstić information content (AvgIpc) is 3.01. The summed E-state index contributed by atoms with van der Waals surface area (Å²) in [5.74, 6) is -1.73. The van der Waals surface area contributed by atoms with Gasteiger partial charge in [-0.05, 0) is 38.0 Å². The Balaban J connectivity index is 2.18. The molecule has 6 heteroatoms. The van der Waals surface area contributed by atoms with Gasteiger partial charge in [-0.1, -0.05) is 0 Å². The molecule has 0 aliphatic carbocycles. The van der Waals surface area contributed by atoms with Crippen LogP contribution in [0.2, 0.25) is 0 Å². The standard InChI is InChI=1S/C15H14F2N2O2/c1-2-21-15(20)13-12-4-3-7-19(12)18-14(13)10-8-9(16)5-6-11(10)17/h5-6,8H,2-4,7H2,1H3. The van der Waals surface area contributed by atoms with Crippen molar-refractivity contribution >= 4 is 5.97 Å². The van der Waals surface area contributed by atoms with Crippen molar-refractivity contribution in [2.24, 2.45) is 0 Å². The first-order valence-corrected chi connectivity index (χ1v) is 6.84. The smallest absolute Gasteiger partial charge is 0.342 e. The fourth-order valence-electron chi connectivity index (χ4n) is 2.62. The van der Waals surface area contributed by atoms with Gasteiger partial charge in [-0.25, -0.2) is 13.6 Å². The minimum Gasteiger partial charge on any atom is -0.462 e. The van der Waals surface area contributed by atoms with Gasteiger partial charge in [0.1, 0.15) is 22.9 Å². The minimum absolute atomic E-state index is 0.0139. The van der Waals surface area contributed by atoms with E-state index in [9.17, 15) is 13.6 Å². The van der Waals surface area contributed by atoms with Crippen molar-refractivity contribution in [1.82, 2.24) is 9.78 Å². The van der Waals surface area contributed by atoms with Crippen LogP contribution in [0.3, 0.4) is 0 Å². The number of nitrogens with zero attached hydrogens (tertiary/aromatic N) is 2. The third-order valence-corrected chi connectivity index (χ3v) is 3.50. The lowest BCUT2D eigenvalue weighted by atomic mass is 10.0. The molecule has 1 aromatic carbocycles. The number of hydrogen-bond donors (Lipinski definition) is 0. The number of carbonyl (C=O) groups excluding carboxylic acids is 1. The zero-order chi connectivity index (χ0) is 15.0. The molecule has 0 atom stereocenters. The lowest BCUT2D eigenvalue weighted by Crippen LogP contribution is -2.08. The van der Waals surface area contributed by atoms with E-state index in [1.807, 2.05) is 0 Å². The van der Waals surface area contributed by atoms with E-state index >= 15 is 0 Å². The van der Waals surface area contributed by atoms with Crippen LogP contribution in [0.25, 0.3) is 11.3 Å². The van der Waals surface area contributed by atoms with Crippen molar-refractivity contribution in [3.05, 3.63) is 41.1 Å². The number of aromatic nitrogens is 2. The summed E-state index contributed by atoms with van der Waals surface area (Å²) in [6.07, 6.45) is 1.55. The van der Waals surface area contributed by atoms with Gasteiger partial charge in [0.2, 0.25) is 0 Å². The third kappa shape index (κ3) is 2.30. The fourth-order valence-corrected chi connectivity index (χ4v) is 2.62. The van der Waals surface area contributed by atoms with Gasteiger partial charge in [0.05, 0.1) is 12.3 Å². The normalized spacial score (nSPS) is 13.3. The number of rotatable bonds is 3. The monoisotopic (exact) mass is 292 g/mol. The van der Waals surface area contributed by atoms with Crippen LogP contribution in [-0.4, -0.2) is 22.4 Å². The summed E-state index contributed by atoms with van der Waals surface area (Å²) in [4.78, 5) is 12.2. The predicted molar refractivity (Wildman–Crippen MR) is 71.9 cm³/mol. The molecule has 0 saturated carbocycles. The number of carbonyl (C=O) groups is 1. The molecule has 0 radical (unpaired) electrons. The van der Waals surface area contributed by atoms with Gasteiger partial charge in [-0.2, -0.15) is 5.10 Å². The first-order chi connectivity index (χ1) is 10.1. The largest absolute Gasteiger partial charge is 0.462 e. The summed E-state index contributed by atoms with van der Waals surface area (Å²) in [7, 11) is 0. The molecule has 0 spiro atoms. The maximum absolute atomic E-state index is 14.0. The molecule has 2 heterocycles. The Morgan fingerprint density at radius 1 is 1.43 bits per heavy atom. The number of fused-ring (bicyclic) bond motifs is 1. The quantitative estimate of drug-likeness (QED) is 0.817. The Kier molecular flexibility index (Phi) is 3.45. The lowest BCUT2D eigenvalue weighted by molar-refractivity contribution is 0.0526. The fraction of sp³-hybridized carbons (Fsp3) is 0.333. The number of halogens is 2. The van der Waals surface area contributed by atoms with E-state index in [2.05, 4.69) is 5.10 Å². The molecule has 0 N–H and O–H groups in total. The number of ether oxygens (including phenoxy) is 1. The summed E-state index contributed by atoms with van der Waals surface area (Å²) >= 11 is 0. The molecule has 1 aliphatic rings. The van der Waals surface area contributed by atoms with Gasteiger partial charge in [-0.3, -0.25) is 4.68 Å². The summed E-state index contributed by atoms with van der Waals surface area (Å²) in [6, 6.07) is 3.12. The van der Waals surface area contributed by atoms with Gasteiger partial charge in [-0.15, -0.1) is 0 Å². The maximum Gasteiger partial charge on any atom is 0.342 e.